The van der Waals surface area contributed by atoms with Crippen molar-refractivity contribution in [1.82, 2.24) is 15.3 Å². The molecule has 0 aromatic carbocycles. The number of aliphatic hydroxyl groups is 1. The third-order valence-corrected chi connectivity index (χ3v) is 4.02. The number of rotatable bonds is 5. The van der Waals surface area contributed by atoms with Crippen LogP contribution in [0.15, 0.2) is 12.4 Å². The van der Waals surface area contributed by atoms with Gasteiger partial charge in [0.2, 0.25) is 5.95 Å². The zero-order valence-corrected chi connectivity index (χ0v) is 11.3. The van der Waals surface area contributed by atoms with Crippen molar-refractivity contribution in [2.75, 3.05) is 24.6 Å². The van der Waals surface area contributed by atoms with Gasteiger partial charge in [-0.3, -0.25) is 0 Å². The first-order valence-electron chi connectivity index (χ1n) is 7.25. The van der Waals surface area contributed by atoms with Gasteiger partial charge in [-0.15, -0.1) is 0 Å². The van der Waals surface area contributed by atoms with Crippen LogP contribution in [0.5, 0.6) is 0 Å². The van der Waals surface area contributed by atoms with E-state index >= 15 is 0 Å². The van der Waals surface area contributed by atoms with Gasteiger partial charge in [-0.1, -0.05) is 0 Å². The maximum atomic E-state index is 9.14. The average Bonchev–Trinajstić information content (AvgIpc) is 3.30. The van der Waals surface area contributed by atoms with E-state index in [4.69, 9.17) is 5.11 Å². The summed E-state index contributed by atoms with van der Waals surface area (Å²) in [4.78, 5) is 11.1. The largest absolute Gasteiger partial charge is 0.396 e. The van der Waals surface area contributed by atoms with E-state index in [9.17, 15) is 0 Å². The Morgan fingerprint density at radius 2 is 1.84 bits per heavy atom. The molecule has 0 unspecified atom stereocenters. The molecule has 1 aromatic rings. The first-order valence-corrected chi connectivity index (χ1v) is 7.25. The molecule has 0 amide bonds. The SMILES string of the molecule is OCC1CCN(c2ncc(CNC3CC3)cn2)CC1. The second-order valence-corrected chi connectivity index (χ2v) is 5.66. The Morgan fingerprint density at radius 1 is 1.16 bits per heavy atom. The monoisotopic (exact) mass is 262 g/mol. The Hall–Kier alpha value is -1.20. The molecule has 5 nitrogen and oxygen atoms in total. The summed E-state index contributed by atoms with van der Waals surface area (Å²) >= 11 is 0. The van der Waals surface area contributed by atoms with E-state index in [2.05, 4.69) is 20.2 Å². The number of anilines is 1. The summed E-state index contributed by atoms with van der Waals surface area (Å²) in [6, 6.07) is 0.720. The second kappa shape index (κ2) is 5.84. The summed E-state index contributed by atoms with van der Waals surface area (Å²) in [5.41, 5.74) is 1.15. The molecule has 1 aromatic heterocycles. The first kappa shape index (κ1) is 12.8. The number of hydrogen-bond donors (Lipinski definition) is 2. The van der Waals surface area contributed by atoms with Crippen molar-refractivity contribution in [1.29, 1.82) is 0 Å². The molecule has 2 aliphatic rings. The van der Waals surface area contributed by atoms with Crippen molar-refractivity contribution in [2.45, 2.75) is 38.3 Å². The molecule has 0 bridgehead atoms. The molecule has 0 radical (unpaired) electrons. The van der Waals surface area contributed by atoms with Gasteiger partial charge in [0.25, 0.3) is 0 Å². The predicted octanol–water partition coefficient (Wildman–Crippen LogP) is 0.937. The topological polar surface area (TPSA) is 61.3 Å². The molecule has 19 heavy (non-hydrogen) atoms. The van der Waals surface area contributed by atoms with E-state index in [1.54, 1.807) is 0 Å². The molecule has 0 atom stereocenters. The van der Waals surface area contributed by atoms with Crippen molar-refractivity contribution < 1.29 is 5.11 Å². The smallest absolute Gasteiger partial charge is 0.225 e. The lowest BCUT2D eigenvalue weighted by molar-refractivity contribution is 0.202. The molecule has 1 aliphatic heterocycles. The number of aromatic nitrogens is 2. The zero-order valence-electron chi connectivity index (χ0n) is 11.3. The minimum absolute atomic E-state index is 0.306. The standard InChI is InChI=1S/C14H22N4O/c19-10-11-3-5-18(6-4-11)14-16-8-12(9-17-14)7-15-13-1-2-13/h8-9,11,13,15,19H,1-7,10H2. The van der Waals surface area contributed by atoms with Gasteiger partial charge >= 0.3 is 0 Å². The fraction of sp³-hybridized carbons (Fsp3) is 0.714. The Kier molecular flexibility index (Phi) is 3.94. The van der Waals surface area contributed by atoms with Gasteiger partial charge in [0.1, 0.15) is 0 Å². The van der Waals surface area contributed by atoms with Crippen molar-refractivity contribution in [3.05, 3.63) is 18.0 Å². The molecule has 1 saturated carbocycles. The van der Waals surface area contributed by atoms with Crippen LogP contribution >= 0.6 is 0 Å². The molecule has 2 N–H and O–H groups in total. The van der Waals surface area contributed by atoms with E-state index in [0.717, 1.165) is 50.0 Å². The van der Waals surface area contributed by atoms with Gasteiger partial charge in [0.15, 0.2) is 0 Å². The summed E-state index contributed by atoms with van der Waals surface area (Å²) in [5, 5.41) is 12.6. The van der Waals surface area contributed by atoms with Crippen molar-refractivity contribution in [3.8, 4) is 0 Å². The molecule has 2 fully saturated rings. The molecular weight excluding hydrogens is 240 g/mol. The Morgan fingerprint density at radius 3 is 2.42 bits per heavy atom. The summed E-state index contributed by atoms with van der Waals surface area (Å²) < 4.78 is 0. The van der Waals surface area contributed by atoms with E-state index < -0.39 is 0 Å². The van der Waals surface area contributed by atoms with Crippen molar-refractivity contribution >= 4 is 5.95 Å². The number of hydrogen-bond acceptors (Lipinski definition) is 5. The average molecular weight is 262 g/mol. The van der Waals surface area contributed by atoms with Gasteiger partial charge in [-0.25, -0.2) is 9.97 Å². The lowest BCUT2D eigenvalue weighted by Gasteiger charge is -2.31. The minimum atomic E-state index is 0.306. The summed E-state index contributed by atoms with van der Waals surface area (Å²) in [5.74, 6) is 1.28. The Bertz CT molecular complexity index is 396. The molecule has 0 spiro atoms. The molecule has 1 saturated heterocycles. The highest BCUT2D eigenvalue weighted by Crippen LogP contribution is 2.21. The van der Waals surface area contributed by atoms with Gasteiger partial charge in [-0.2, -0.15) is 0 Å². The molecule has 5 heteroatoms. The highest BCUT2D eigenvalue weighted by molar-refractivity contribution is 5.30. The number of piperidine rings is 1. The van der Waals surface area contributed by atoms with Crippen LogP contribution in [0.2, 0.25) is 0 Å². The third-order valence-electron chi connectivity index (χ3n) is 4.02. The predicted molar refractivity (Wildman–Crippen MR) is 73.9 cm³/mol. The summed E-state index contributed by atoms with van der Waals surface area (Å²) in [7, 11) is 0. The van der Waals surface area contributed by atoms with Gasteiger partial charge in [-0.05, 0) is 31.6 Å². The van der Waals surface area contributed by atoms with Crippen LogP contribution in [0, 0.1) is 5.92 Å². The van der Waals surface area contributed by atoms with E-state index in [-0.39, 0.29) is 0 Å². The van der Waals surface area contributed by atoms with E-state index in [1.807, 2.05) is 12.4 Å². The van der Waals surface area contributed by atoms with Crippen LogP contribution in [0.1, 0.15) is 31.2 Å². The fourth-order valence-electron chi connectivity index (χ4n) is 2.47. The van der Waals surface area contributed by atoms with Crippen LogP contribution in [-0.4, -0.2) is 40.8 Å². The summed E-state index contributed by atoms with van der Waals surface area (Å²) in [6.45, 7) is 3.08. The lowest BCUT2D eigenvalue weighted by atomic mass is 9.98. The molecule has 1 aliphatic carbocycles. The van der Waals surface area contributed by atoms with Crippen LogP contribution in [0.4, 0.5) is 5.95 Å². The third kappa shape index (κ3) is 3.42. The Labute approximate surface area is 114 Å². The molecule has 2 heterocycles. The Balaban J connectivity index is 1.53. The first-order chi connectivity index (χ1) is 9.35. The van der Waals surface area contributed by atoms with E-state index in [1.165, 1.54) is 12.8 Å². The van der Waals surface area contributed by atoms with Crippen molar-refractivity contribution in [2.24, 2.45) is 5.92 Å². The van der Waals surface area contributed by atoms with Crippen LogP contribution in [0.25, 0.3) is 0 Å². The minimum Gasteiger partial charge on any atom is -0.396 e. The number of nitrogens with zero attached hydrogens (tertiary/aromatic N) is 3. The fourth-order valence-corrected chi connectivity index (χ4v) is 2.47. The highest BCUT2D eigenvalue weighted by Gasteiger charge is 2.21. The van der Waals surface area contributed by atoms with Crippen LogP contribution in [-0.2, 0) is 6.54 Å². The zero-order chi connectivity index (χ0) is 13.1. The van der Waals surface area contributed by atoms with Crippen LogP contribution in [0.3, 0.4) is 0 Å². The maximum Gasteiger partial charge on any atom is 0.225 e. The van der Waals surface area contributed by atoms with E-state index in [0.29, 0.717) is 12.5 Å². The number of nitrogens with one attached hydrogen (secondary N) is 1. The molecular formula is C14H22N4O. The van der Waals surface area contributed by atoms with Gasteiger partial charge in [0, 0.05) is 50.2 Å². The normalized spacial score (nSPS) is 20.8. The highest BCUT2D eigenvalue weighted by atomic mass is 16.3. The van der Waals surface area contributed by atoms with Gasteiger partial charge in [0.05, 0.1) is 0 Å². The molecule has 104 valence electrons. The summed E-state index contributed by atoms with van der Waals surface area (Å²) in [6.07, 6.45) is 8.53. The molecule has 3 rings (SSSR count). The quantitative estimate of drug-likeness (QED) is 0.827. The second-order valence-electron chi connectivity index (χ2n) is 5.66. The van der Waals surface area contributed by atoms with Crippen LogP contribution < -0.4 is 10.2 Å². The lowest BCUT2D eigenvalue weighted by Crippen LogP contribution is -2.35. The van der Waals surface area contributed by atoms with Crippen molar-refractivity contribution in [3.63, 3.8) is 0 Å². The number of aliphatic hydroxyl groups excluding tert-OH is 1. The maximum absolute atomic E-state index is 9.14. The van der Waals surface area contributed by atoms with Gasteiger partial charge < -0.3 is 15.3 Å².